The van der Waals surface area contributed by atoms with E-state index in [0.717, 1.165) is 24.5 Å². The highest BCUT2D eigenvalue weighted by Crippen LogP contribution is 2.09. The van der Waals surface area contributed by atoms with Crippen molar-refractivity contribution in [2.75, 3.05) is 43.6 Å². The van der Waals surface area contributed by atoms with Crippen LogP contribution in [0.1, 0.15) is 20.3 Å². The van der Waals surface area contributed by atoms with Gasteiger partial charge in [-0.3, -0.25) is 0 Å². The standard InChI is InChI=1S/C12H26N2O3S2/c1-3-17-8-11(2)10-19(15,16)14-5-4-12-9-18-7-6-13-12/h11-14H,3-10H2,1-2H3. The van der Waals surface area contributed by atoms with Crippen LogP contribution in [0.25, 0.3) is 0 Å². The first-order valence-electron chi connectivity index (χ1n) is 6.89. The van der Waals surface area contributed by atoms with Crippen molar-refractivity contribution in [1.29, 1.82) is 0 Å². The van der Waals surface area contributed by atoms with Crippen LogP contribution in [-0.2, 0) is 14.8 Å². The fourth-order valence-corrected chi connectivity index (χ4v) is 4.38. The molecule has 0 aliphatic carbocycles. The zero-order valence-corrected chi connectivity index (χ0v) is 13.5. The van der Waals surface area contributed by atoms with Crippen molar-refractivity contribution >= 4 is 21.8 Å². The molecule has 0 aromatic heterocycles. The van der Waals surface area contributed by atoms with Crippen LogP contribution in [0.4, 0.5) is 0 Å². The normalized spacial score (nSPS) is 22.3. The van der Waals surface area contributed by atoms with Gasteiger partial charge in [-0.1, -0.05) is 6.92 Å². The number of hydrogen-bond acceptors (Lipinski definition) is 5. The van der Waals surface area contributed by atoms with Gasteiger partial charge in [0.25, 0.3) is 0 Å². The second kappa shape index (κ2) is 9.18. The molecule has 0 amide bonds. The van der Waals surface area contributed by atoms with Crippen molar-refractivity contribution in [3.63, 3.8) is 0 Å². The largest absolute Gasteiger partial charge is 0.381 e. The van der Waals surface area contributed by atoms with E-state index in [1.807, 2.05) is 25.6 Å². The minimum atomic E-state index is -3.18. The lowest BCUT2D eigenvalue weighted by Crippen LogP contribution is -2.40. The Hall–Kier alpha value is 0.180. The lowest BCUT2D eigenvalue weighted by Gasteiger charge is -2.23. The summed E-state index contributed by atoms with van der Waals surface area (Å²) in [4.78, 5) is 0. The summed E-state index contributed by atoms with van der Waals surface area (Å²) in [5.41, 5.74) is 0. The van der Waals surface area contributed by atoms with Crippen LogP contribution in [0, 0.1) is 5.92 Å². The van der Waals surface area contributed by atoms with Crippen LogP contribution in [0.5, 0.6) is 0 Å². The Labute approximate surface area is 121 Å². The second-order valence-corrected chi connectivity index (χ2v) is 7.96. The summed E-state index contributed by atoms with van der Waals surface area (Å²) in [7, 11) is -3.18. The topological polar surface area (TPSA) is 67.4 Å². The molecular formula is C12H26N2O3S2. The van der Waals surface area contributed by atoms with Gasteiger partial charge in [-0.2, -0.15) is 11.8 Å². The molecular weight excluding hydrogens is 284 g/mol. The number of thioether (sulfide) groups is 1. The molecule has 0 saturated carbocycles. The predicted octanol–water partition coefficient (Wildman–Crippen LogP) is 0.674. The zero-order valence-electron chi connectivity index (χ0n) is 11.9. The smallest absolute Gasteiger partial charge is 0.211 e. The van der Waals surface area contributed by atoms with E-state index >= 15 is 0 Å². The van der Waals surface area contributed by atoms with Gasteiger partial charge in [0.1, 0.15) is 0 Å². The molecule has 1 heterocycles. The minimum absolute atomic E-state index is 0.0285. The third kappa shape index (κ3) is 8.14. The Bertz CT molecular complexity index is 330. The van der Waals surface area contributed by atoms with Crippen LogP contribution < -0.4 is 10.0 Å². The van der Waals surface area contributed by atoms with E-state index in [1.165, 1.54) is 0 Å². The highest BCUT2D eigenvalue weighted by atomic mass is 32.2. The number of sulfonamides is 1. The Morgan fingerprint density at radius 2 is 2.32 bits per heavy atom. The molecule has 1 saturated heterocycles. The van der Waals surface area contributed by atoms with Crippen LogP contribution in [-0.4, -0.2) is 58.0 Å². The first kappa shape index (κ1) is 17.2. The average Bonchev–Trinajstić information content (AvgIpc) is 2.37. The zero-order chi connectivity index (χ0) is 14.1. The van der Waals surface area contributed by atoms with Gasteiger partial charge < -0.3 is 10.1 Å². The lowest BCUT2D eigenvalue weighted by molar-refractivity contribution is 0.122. The molecule has 0 radical (unpaired) electrons. The number of hydrogen-bond donors (Lipinski definition) is 2. The van der Waals surface area contributed by atoms with E-state index in [1.54, 1.807) is 0 Å². The number of ether oxygens (including phenoxy) is 1. The first-order chi connectivity index (χ1) is 9.03. The summed E-state index contributed by atoms with van der Waals surface area (Å²) in [5.74, 6) is 2.39. The van der Waals surface area contributed by atoms with E-state index in [-0.39, 0.29) is 11.7 Å². The molecule has 2 N–H and O–H groups in total. The van der Waals surface area contributed by atoms with Gasteiger partial charge in [0.2, 0.25) is 10.0 Å². The quantitative estimate of drug-likeness (QED) is 0.655. The molecule has 2 atom stereocenters. The van der Waals surface area contributed by atoms with Crippen LogP contribution in [0.2, 0.25) is 0 Å². The molecule has 0 spiro atoms. The van der Waals surface area contributed by atoms with E-state index < -0.39 is 10.0 Å². The van der Waals surface area contributed by atoms with Gasteiger partial charge in [0.05, 0.1) is 12.4 Å². The Kier molecular flexibility index (Phi) is 8.32. The maximum Gasteiger partial charge on any atom is 0.211 e. The molecule has 5 nitrogen and oxygen atoms in total. The molecule has 0 bridgehead atoms. The third-order valence-corrected chi connectivity index (χ3v) is 5.71. The van der Waals surface area contributed by atoms with E-state index in [4.69, 9.17) is 4.74 Å². The van der Waals surface area contributed by atoms with Crippen molar-refractivity contribution in [2.24, 2.45) is 5.92 Å². The summed E-state index contributed by atoms with van der Waals surface area (Å²) in [6, 6.07) is 0.433. The number of rotatable bonds is 9. The van der Waals surface area contributed by atoms with Gasteiger partial charge in [0.15, 0.2) is 0 Å². The fourth-order valence-electron chi connectivity index (χ4n) is 1.99. The van der Waals surface area contributed by atoms with E-state index in [2.05, 4.69) is 10.0 Å². The predicted molar refractivity (Wildman–Crippen MR) is 81.2 cm³/mol. The van der Waals surface area contributed by atoms with E-state index in [9.17, 15) is 8.42 Å². The van der Waals surface area contributed by atoms with Crippen molar-refractivity contribution in [1.82, 2.24) is 10.0 Å². The van der Waals surface area contributed by atoms with Crippen LogP contribution >= 0.6 is 11.8 Å². The molecule has 19 heavy (non-hydrogen) atoms. The molecule has 1 fully saturated rings. The molecule has 114 valence electrons. The maximum atomic E-state index is 11.9. The van der Waals surface area contributed by atoms with Gasteiger partial charge in [0, 0.05) is 37.2 Å². The molecule has 0 aromatic rings. The molecule has 2 unspecified atom stereocenters. The Morgan fingerprint density at radius 1 is 1.53 bits per heavy atom. The van der Waals surface area contributed by atoms with Crippen LogP contribution in [0.15, 0.2) is 0 Å². The lowest BCUT2D eigenvalue weighted by atomic mass is 10.2. The van der Waals surface area contributed by atoms with Crippen molar-refractivity contribution < 1.29 is 13.2 Å². The summed E-state index contributed by atoms with van der Waals surface area (Å²) in [5, 5.41) is 3.40. The van der Waals surface area contributed by atoms with Gasteiger partial charge in [-0.15, -0.1) is 0 Å². The fraction of sp³-hybridized carbons (Fsp3) is 1.00. The molecule has 1 aliphatic heterocycles. The third-order valence-electron chi connectivity index (χ3n) is 2.92. The van der Waals surface area contributed by atoms with Crippen molar-refractivity contribution in [3.8, 4) is 0 Å². The SMILES string of the molecule is CCOCC(C)CS(=O)(=O)NCCC1CSCCN1. The summed E-state index contributed by atoms with van der Waals surface area (Å²) >= 11 is 1.92. The van der Waals surface area contributed by atoms with Gasteiger partial charge in [-0.05, 0) is 19.3 Å². The monoisotopic (exact) mass is 310 g/mol. The average molecular weight is 310 g/mol. The second-order valence-electron chi connectivity index (χ2n) is 4.96. The highest BCUT2D eigenvalue weighted by Gasteiger charge is 2.17. The molecule has 0 aromatic carbocycles. The Balaban J connectivity index is 2.18. The van der Waals surface area contributed by atoms with Crippen molar-refractivity contribution in [2.45, 2.75) is 26.3 Å². The molecule has 1 aliphatic rings. The summed E-state index contributed by atoms with van der Waals surface area (Å²) < 4.78 is 31.6. The highest BCUT2D eigenvalue weighted by molar-refractivity contribution is 7.99. The first-order valence-corrected chi connectivity index (χ1v) is 9.70. The summed E-state index contributed by atoms with van der Waals surface area (Å²) in [6.45, 7) is 6.47. The van der Waals surface area contributed by atoms with E-state index in [0.29, 0.717) is 25.8 Å². The maximum absolute atomic E-state index is 11.9. The molecule has 1 rings (SSSR count). The number of nitrogens with one attached hydrogen (secondary N) is 2. The minimum Gasteiger partial charge on any atom is -0.381 e. The Morgan fingerprint density at radius 3 is 2.95 bits per heavy atom. The van der Waals surface area contributed by atoms with Crippen LogP contribution in [0.3, 0.4) is 0 Å². The van der Waals surface area contributed by atoms with Gasteiger partial charge >= 0.3 is 0 Å². The molecule has 7 heteroatoms. The summed E-state index contributed by atoms with van der Waals surface area (Å²) in [6.07, 6.45) is 0.853. The van der Waals surface area contributed by atoms with Crippen molar-refractivity contribution in [3.05, 3.63) is 0 Å². The van der Waals surface area contributed by atoms with Gasteiger partial charge in [-0.25, -0.2) is 13.1 Å².